The molecular weight excluding hydrogens is 268 g/mol. The minimum absolute atomic E-state index is 0.853. The van der Waals surface area contributed by atoms with Crippen molar-refractivity contribution in [1.29, 1.82) is 0 Å². The fraction of sp³-hybridized carbons (Fsp3) is 0.905. The highest BCUT2D eigenvalue weighted by atomic mass is 16.5. The summed E-state index contributed by atoms with van der Waals surface area (Å²) in [7, 11) is 1.85. The monoisotopic (exact) mass is 306 g/mol. The average molecular weight is 307 g/mol. The quantitative estimate of drug-likeness (QED) is 0.473. The number of hydrogen-bond donors (Lipinski definition) is 0. The molecule has 0 radical (unpaired) electrons. The van der Waals surface area contributed by atoms with Gasteiger partial charge in [-0.1, -0.05) is 51.2 Å². The Morgan fingerprint density at radius 2 is 1.36 bits per heavy atom. The first-order chi connectivity index (χ1) is 10.8. The fourth-order valence-electron chi connectivity index (χ4n) is 4.52. The first-order valence-corrected chi connectivity index (χ1v) is 9.97. The summed E-state index contributed by atoms with van der Waals surface area (Å²) in [5.41, 5.74) is 0. The van der Waals surface area contributed by atoms with Gasteiger partial charge in [-0.2, -0.15) is 0 Å². The lowest BCUT2D eigenvalue weighted by Crippen LogP contribution is -2.19. The lowest BCUT2D eigenvalue weighted by atomic mass is 9.75. The van der Waals surface area contributed by atoms with Crippen molar-refractivity contribution in [2.75, 3.05) is 13.7 Å². The molecule has 2 fully saturated rings. The van der Waals surface area contributed by atoms with E-state index in [-0.39, 0.29) is 0 Å². The Morgan fingerprint density at radius 1 is 0.818 bits per heavy atom. The summed E-state index contributed by atoms with van der Waals surface area (Å²) in [5.74, 6) is 3.81. The van der Waals surface area contributed by atoms with Crippen LogP contribution in [0.4, 0.5) is 0 Å². The Bertz CT molecular complexity index is 293. The number of rotatable bonds is 8. The fourth-order valence-corrected chi connectivity index (χ4v) is 4.52. The molecule has 0 atom stereocenters. The summed E-state index contributed by atoms with van der Waals surface area (Å²) < 4.78 is 5.31. The van der Waals surface area contributed by atoms with Gasteiger partial charge in [0.1, 0.15) is 0 Å². The van der Waals surface area contributed by atoms with E-state index in [4.69, 9.17) is 4.74 Å². The summed E-state index contributed by atoms with van der Waals surface area (Å²) in [4.78, 5) is 0. The van der Waals surface area contributed by atoms with E-state index >= 15 is 0 Å². The van der Waals surface area contributed by atoms with E-state index in [0.717, 1.165) is 30.3 Å². The van der Waals surface area contributed by atoms with Crippen LogP contribution in [0.5, 0.6) is 0 Å². The van der Waals surface area contributed by atoms with E-state index in [1.807, 2.05) is 7.11 Å². The van der Waals surface area contributed by atoms with Crippen LogP contribution < -0.4 is 0 Å². The molecule has 0 aromatic rings. The third-order valence-electron chi connectivity index (χ3n) is 6.11. The minimum Gasteiger partial charge on any atom is -0.384 e. The molecule has 0 saturated heterocycles. The Morgan fingerprint density at radius 3 is 1.91 bits per heavy atom. The second-order valence-electron chi connectivity index (χ2n) is 7.92. The Balaban J connectivity index is 1.55. The molecule has 0 unspecified atom stereocenters. The molecule has 1 heteroatoms. The van der Waals surface area contributed by atoms with Crippen LogP contribution in [0.2, 0.25) is 0 Å². The molecule has 0 aromatic carbocycles. The maximum atomic E-state index is 5.31. The van der Waals surface area contributed by atoms with Gasteiger partial charge >= 0.3 is 0 Å². The molecule has 0 aromatic heterocycles. The van der Waals surface area contributed by atoms with Crippen LogP contribution in [0, 0.1) is 23.7 Å². The summed E-state index contributed by atoms with van der Waals surface area (Å²) in [5, 5.41) is 0. The number of allylic oxidation sites excluding steroid dienone is 2. The smallest absolute Gasteiger partial charge is 0.0490 e. The zero-order valence-electron chi connectivity index (χ0n) is 15.1. The van der Waals surface area contributed by atoms with Crippen LogP contribution in [0.25, 0.3) is 0 Å². The van der Waals surface area contributed by atoms with E-state index in [1.165, 1.54) is 77.0 Å². The number of hydrogen-bond acceptors (Lipinski definition) is 1. The largest absolute Gasteiger partial charge is 0.384 e. The lowest BCUT2D eigenvalue weighted by Gasteiger charge is -2.31. The molecule has 0 amide bonds. The number of ether oxygens (including phenoxy) is 1. The highest BCUT2D eigenvalue weighted by Crippen LogP contribution is 2.36. The molecule has 0 aliphatic heterocycles. The van der Waals surface area contributed by atoms with Gasteiger partial charge in [0, 0.05) is 13.7 Å². The predicted molar refractivity (Wildman–Crippen MR) is 96.1 cm³/mol. The highest BCUT2D eigenvalue weighted by molar-refractivity contribution is 4.91. The van der Waals surface area contributed by atoms with Gasteiger partial charge in [0.05, 0.1) is 0 Å². The van der Waals surface area contributed by atoms with Gasteiger partial charge in [0.15, 0.2) is 0 Å². The molecule has 2 saturated carbocycles. The van der Waals surface area contributed by atoms with Crippen LogP contribution in [-0.2, 0) is 4.74 Å². The van der Waals surface area contributed by atoms with Crippen LogP contribution in [-0.4, -0.2) is 13.7 Å². The molecule has 2 aliphatic carbocycles. The van der Waals surface area contributed by atoms with Gasteiger partial charge in [-0.15, -0.1) is 0 Å². The maximum absolute atomic E-state index is 5.31. The van der Waals surface area contributed by atoms with Crippen LogP contribution >= 0.6 is 0 Å². The molecule has 0 spiro atoms. The molecule has 0 N–H and O–H groups in total. The van der Waals surface area contributed by atoms with Gasteiger partial charge in [-0.05, 0) is 68.6 Å². The van der Waals surface area contributed by atoms with Gasteiger partial charge in [0.2, 0.25) is 0 Å². The molecule has 0 bridgehead atoms. The highest BCUT2D eigenvalue weighted by Gasteiger charge is 2.24. The van der Waals surface area contributed by atoms with E-state index in [0.29, 0.717) is 0 Å². The first-order valence-electron chi connectivity index (χ1n) is 9.97. The van der Waals surface area contributed by atoms with Crippen LogP contribution in [0.1, 0.15) is 84.0 Å². The van der Waals surface area contributed by atoms with Crippen LogP contribution in [0.15, 0.2) is 12.2 Å². The van der Waals surface area contributed by atoms with E-state index in [9.17, 15) is 0 Å². The summed E-state index contributed by atoms with van der Waals surface area (Å²) >= 11 is 0. The third kappa shape index (κ3) is 6.44. The topological polar surface area (TPSA) is 9.23 Å². The van der Waals surface area contributed by atoms with Gasteiger partial charge in [0.25, 0.3) is 0 Å². The second-order valence-corrected chi connectivity index (χ2v) is 7.92. The van der Waals surface area contributed by atoms with Gasteiger partial charge in [-0.3, -0.25) is 0 Å². The zero-order chi connectivity index (χ0) is 15.6. The van der Waals surface area contributed by atoms with E-state index in [2.05, 4.69) is 19.1 Å². The van der Waals surface area contributed by atoms with Crippen molar-refractivity contribution >= 4 is 0 Å². The summed E-state index contributed by atoms with van der Waals surface area (Å²) in [6.07, 6.45) is 22.1. The molecule has 2 aliphatic rings. The minimum atomic E-state index is 0.853. The van der Waals surface area contributed by atoms with Crippen LogP contribution in [0.3, 0.4) is 0 Å². The standard InChI is InChI=1S/C21H38O/c1-3-4-5-6-18-7-9-19(10-8-18)11-12-20-13-15-21(16-14-20)17-22-2/h5-6,18-21H,3-4,7-17H2,1-2H3/b6-5+. The predicted octanol–water partition coefficient (Wildman–Crippen LogP) is 6.38. The first kappa shape index (κ1) is 18.0. The lowest BCUT2D eigenvalue weighted by molar-refractivity contribution is 0.115. The van der Waals surface area contributed by atoms with Crippen molar-refractivity contribution in [1.82, 2.24) is 0 Å². The van der Waals surface area contributed by atoms with Crippen molar-refractivity contribution in [3.8, 4) is 0 Å². The third-order valence-corrected chi connectivity index (χ3v) is 6.11. The molecule has 128 valence electrons. The van der Waals surface area contributed by atoms with Crippen molar-refractivity contribution in [2.24, 2.45) is 23.7 Å². The molecular formula is C21H38O. The van der Waals surface area contributed by atoms with Gasteiger partial charge in [-0.25, -0.2) is 0 Å². The van der Waals surface area contributed by atoms with E-state index < -0.39 is 0 Å². The molecule has 1 nitrogen and oxygen atoms in total. The normalized spacial score (nSPS) is 33.4. The van der Waals surface area contributed by atoms with Crippen molar-refractivity contribution in [3.05, 3.63) is 12.2 Å². The maximum Gasteiger partial charge on any atom is 0.0490 e. The van der Waals surface area contributed by atoms with Gasteiger partial charge < -0.3 is 4.74 Å². The Labute approximate surface area is 138 Å². The summed E-state index contributed by atoms with van der Waals surface area (Å²) in [6, 6.07) is 0. The number of methoxy groups -OCH3 is 1. The molecule has 2 rings (SSSR count). The Kier molecular flexibility index (Phi) is 8.59. The van der Waals surface area contributed by atoms with Crippen molar-refractivity contribution in [2.45, 2.75) is 84.0 Å². The van der Waals surface area contributed by atoms with Crippen molar-refractivity contribution < 1.29 is 4.74 Å². The molecule has 22 heavy (non-hydrogen) atoms. The Hall–Kier alpha value is -0.300. The second kappa shape index (κ2) is 10.5. The number of unbranched alkanes of at least 4 members (excludes halogenated alkanes) is 1. The average Bonchev–Trinajstić information content (AvgIpc) is 2.56. The zero-order valence-corrected chi connectivity index (χ0v) is 15.1. The van der Waals surface area contributed by atoms with Crippen molar-refractivity contribution in [3.63, 3.8) is 0 Å². The SMILES string of the molecule is CCC/C=C/C1CCC(CCC2CCC(COC)CC2)CC1. The molecule has 0 heterocycles. The summed E-state index contributed by atoms with van der Waals surface area (Å²) in [6.45, 7) is 3.26. The van der Waals surface area contributed by atoms with E-state index in [1.54, 1.807) is 0 Å².